The van der Waals surface area contributed by atoms with Gasteiger partial charge in [-0.3, -0.25) is 0 Å². The van der Waals surface area contributed by atoms with E-state index in [9.17, 15) is 0 Å². The smallest absolute Gasteiger partial charge is 0.374 e. The van der Waals surface area contributed by atoms with Crippen LogP contribution >= 0.6 is 0 Å². The summed E-state index contributed by atoms with van der Waals surface area (Å²) in [5, 5.41) is 0. The molecule has 4 unspecified atom stereocenters. The molecule has 0 N–H and O–H groups in total. The van der Waals surface area contributed by atoms with Crippen molar-refractivity contribution in [3.8, 4) is 0 Å². The third kappa shape index (κ3) is 6.77. The third-order valence-electron chi connectivity index (χ3n) is 8.76. The van der Waals surface area contributed by atoms with Gasteiger partial charge in [0.15, 0.2) is 0 Å². The first-order valence-electron chi connectivity index (χ1n) is 17.1. The molecule has 8 bridgehead atoms. The number of hydrogen-bond donors (Lipinski definition) is 0. The number of hydrogen-bond acceptors (Lipinski definition) is 14. The molecule has 0 aromatic rings. The van der Waals surface area contributed by atoms with Gasteiger partial charge in [0.05, 0.1) is 0 Å². The lowest BCUT2D eigenvalue weighted by Gasteiger charge is -2.61. The van der Waals surface area contributed by atoms with Crippen LogP contribution in [0.3, 0.4) is 0 Å². The molecule has 45 heavy (non-hydrogen) atoms. The molecule has 6 saturated heterocycles. The van der Waals surface area contributed by atoms with Gasteiger partial charge in [-0.2, -0.15) is 0 Å². The molecule has 0 spiro atoms. The van der Waals surface area contributed by atoms with Gasteiger partial charge in [-0.1, -0.05) is 75.7 Å². The first-order chi connectivity index (χ1) is 21.3. The van der Waals surface area contributed by atoms with E-state index >= 15 is 0 Å². The lowest BCUT2D eigenvalue weighted by Crippen LogP contribution is -2.86. The fraction of sp³-hybridized carbons (Fsp3) is 1.00. The van der Waals surface area contributed by atoms with Gasteiger partial charge in [0.2, 0.25) is 0 Å². The minimum atomic E-state index is -3.82. The van der Waals surface area contributed by atoms with Crippen molar-refractivity contribution in [1.29, 1.82) is 0 Å². The van der Waals surface area contributed by atoms with Crippen LogP contribution in [0.25, 0.3) is 0 Å². The Kier molecular flexibility index (Phi) is 11.3. The second-order valence-corrected chi connectivity index (χ2v) is 41.4. The van der Waals surface area contributed by atoms with Crippen molar-refractivity contribution in [2.45, 2.75) is 136 Å². The van der Waals surface area contributed by atoms with Crippen LogP contribution in [0.5, 0.6) is 0 Å². The van der Waals surface area contributed by atoms with Crippen LogP contribution in [-0.4, -0.2) is 85.8 Å². The quantitative estimate of drug-likeness (QED) is 0.167. The maximum atomic E-state index is 7.30. The summed E-state index contributed by atoms with van der Waals surface area (Å²) >= 11 is 0. The molecule has 0 saturated carbocycles. The SMILES string of the molecule is CCCCO[Si]1(CC)O[Si]2(CC)O[Si]3(CC)O[Si]4(CC)O[Si](CC)(O1)O[Si]1(CC)O[Si](CC)(O2)O[Si](CC)(O3)O[Si](CC)(O4)O1. The molecule has 0 aliphatic carbocycles. The van der Waals surface area contributed by atoms with Crippen LogP contribution in [0.15, 0.2) is 0 Å². The molecule has 6 aliphatic rings. The van der Waals surface area contributed by atoms with E-state index in [0.717, 1.165) is 12.8 Å². The molecule has 23 heteroatoms. The molecule has 0 aromatic heterocycles. The van der Waals surface area contributed by atoms with Gasteiger partial charge in [0.1, 0.15) is 0 Å². The lowest BCUT2D eigenvalue weighted by molar-refractivity contribution is -0.0229. The zero-order chi connectivity index (χ0) is 32.9. The normalized spacial score (nSPS) is 49.5. The van der Waals surface area contributed by atoms with E-state index in [2.05, 4.69) is 6.92 Å². The molecule has 262 valence electrons. The van der Waals surface area contributed by atoms with Gasteiger partial charge in [-0.15, -0.1) is 0 Å². The van der Waals surface area contributed by atoms with Crippen molar-refractivity contribution in [2.75, 3.05) is 6.61 Å². The van der Waals surface area contributed by atoms with Crippen LogP contribution in [0, 0.1) is 0 Å². The van der Waals surface area contributed by atoms with E-state index in [4.69, 9.17) is 57.9 Å². The van der Waals surface area contributed by atoms with Crippen molar-refractivity contribution in [2.24, 2.45) is 0 Å². The summed E-state index contributed by atoms with van der Waals surface area (Å²) in [6.07, 6.45) is 1.79. The van der Waals surface area contributed by atoms with Gasteiger partial charge in [0.25, 0.3) is 0 Å². The highest BCUT2D eigenvalue weighted by Gasteiger charge is 2.81. The molecule has 6 heterocycles. The van der Waals surface area contributed by atoms with E-state index in [0.29, 0.717) is 61.0 Å². The van der Waals surface area contributed by atoms with Crippen molar-refractivity contribution in [3.63, 3.8) is 0 Å². The molecule has 6 fully saturated rings. The van der Waals surface area contributed by atoms with Gasteiger partial charge < -0.3 is 57.9 Å². The summed E-state index contributed by atoms with van der Waals surface area (Å²) < 4.78 is 101. The summed E-state index contributed by atoms with van der Waals surface area (Å²) in [5.74, 6) is 0. The van der Waals surface area contributed by atoms with Crippen molar-refractivity contribution >= 4 is 79.2 Å². The molecule has 6 aliphatic heterocycles. The van der Waals surface area contributed by atoms with Gasteiger partial charge >= 0.3 is 79.2 Å². The molecule has 14 nitrogen and oxygen atoms in total. The molecular formula is C22H54O14Si9. The maximum absolute atomic E-state index is 7.30. The molecule has 0 amide bonds. The van der Waals surface area contributed by atoms with Crippen molar-refractivity contribution in [1.82, 2.24) is 0 Å². The number of rotatable bonds is 13. The molecular weight excluding hydrogens is 741 g/mol. The molecule has 6 rings (SSSR count). The second-order valence-electron chi connectivity index (χ2n) is 11.9. The Balaban J connectivity index is 1.90. The first kappa shape index (κ1) is 37.6. The monoisotopic (exact) mass is 794 g/mol. The molecule has 0 radical (unpaired) electrons. The fourth-order valence-corrected chi connectivity index (χ4v) is 60.3. The summed E-state index contributed by atoms with van der Waals surface area (Å²) in [6, 6.07) is 3.68. The van der Waals surface area contributed by atoms with Crippen LogP contribution in [0.4, 0.5) is 0 Å². The Morgan fingerprint density at radius 3 is 0.711 bits per heavy atom. The second kappa shape index (κ2) is 13.5. The van der Waals surface area contributed by atoms with Crippen LogP contribution in [0.1, 0.15) is 82.1 Å². The summed E-state index contributed by atoms with van der Waals surface area (Å²) in [4.78, 5) is 0. The topological polar surface area (TPSA) is 129 Å². The Morgan fingerprint density at radius 2 is 0.533 bits per heavy atom. The number of unbranched alkanes of at least 4 members (excludes halogenated alkanes) is 1. The lowest BCUT2D eigenvalue weighted by atomic mass is 10.4. The van der Waals surface area contributed by atoms with E-state index in [1.54, 1.807) is 0 Å². The molecule has 4 atom stereocenters. The highest BCUT2D eigenvalue weighted by molar-refractivity contribution is 7.02. The predicted molar refractivity (Wildman–Crippen MR) is 181 cm³/mol. The Hall–Kier alpha value is 1.39. The first-order valence-corrected chi connectivity index (χ1v) is 34.4. The molecule has 0 aromatic carbocycles. The predicted octanol–water partition coefficient (Wildman–Crippen LogP) is 5.72. The van der Waals surface area contributed by atoms with Crippen LogP contribution < -0.4 is 0 Å². The van der Waals surface area contributed by atoms with E-state index in [1.165, 1.54) is 0 Å². The highest BCUT2D eigenvalue weighted by Crippen LogP contribution is 2.52. The fourth-order valence-electron chi connectivity index (χ4n) is 6.01. The van der Waals surface area contributed by atoms with Gasteiger partial charge in [-0.25, -0.2) is 0 Å². The summed E-state index contributed by atoms with van der Waals surface area (Å²) in [5.41, 5.74) is 0. The standard InChI is InChI=1S/C22H54O14Si9/c1-11-21-22-23-37(12-2)24-38(13-3)26-40(15-5)30-42(17-7)28-39(14-4,25-37)29-43(18-8)31-41(16-6,27-38)33-44(19-9,32-40)36-45(20-10,34-42)35-43/h11-22H2,1-10H3. The zero-order valence-electron chi connectivity index (χ0n) is 28.7. The summed E-state index contributed by atoms with van der Waals surface area (Å²) in [6.45, 7) is 20.6. The zero-order valence-corrected chi connectivity index (χ0v) is 37.7. The van der Waals surface area contributed by atoms with Crippen molar-refractivity contribution in [3.05, 3.63) is 0 Å². The minimum Gasteiger partial charge on any atom is -0.374 e. The van der Waals surface area contributed by atoms with Gasteiger partial charge in [-0.05, 0) is 6.42 Å². The third-order valence-corrected chi connectivity index (χ3v) is 49.5. The van der Waals surface area contributed by atoms with Gasteiger partial charge in [0, 0.05) is 61.0 Å². The number of fused-ring (bicyclic) bond motifs is 2. The average molecular weight is 795 g/mol. The Morgan fingerprint density at radius 1 is 0.311 bits per heavy atom. The summed E-state index contributed by atoms with van der Waals surface area (Å²) in [7, 11) is -33.8. The highest BCUT2D eigenvalue weighted by atomic mass is 28.6. The van der Waals surface area contributed by atoms with E-state index < -0.39 is 79.2 Å². The maximum Gasteiger partial charge on any atom is 0.485 e. The Bertz CT molecular complexity index is 955. The van der Waals surface area contributed by atoms with Crippen LogP contribution in [0.2, 0.25) is 54.4 Å². The minimum absolute atomic E-state index is 0.395. The average Bonchev–Trinajstić information content (AvgIpc) is 3.01. The largest absolute Gasteiger partial charge is 0.485 e. The Labute approximate surface area is 279 Å². The van der Waals surface area contributed by atoms with Crippen LogP contribution in [-0.2, 0) is 57.9 Å². The van der Waals surface area contributed by atoms with E-state index in [1.807, 2.05) is 62.3 Å². The van der Waals surface area contributed by atoms with E-state index in [-0.39, 0.29) is 0 Å². The van der Waals surface area contributed by atoms with Crippen molar-refractivity contribution < 1.29 is 57.9 Å².